The van der Waals surface area contributed by atoms with Crippen LogP contribution in [-0.2, 0) is 6.61 Å². The van der Waals surface area contributed by atoms with E-state index in [2.05, 4.69) is 23.4 Å². The third kappa shape index (κ3) is 2.78. The number of phenolic OH excluding ortho intramolecular Hbond substituents is 1. The SMILES string of the molecule is CC(C)n1ccnc1COc1cccc(O)c1. The molecule has 0 saturated heterocycles. The molecule has 1 N–H and O–H groups in total. The van der Waals surface area contributed by atoms with Crippen molar-refractivity contribution >= 4 is 0 Å². The standard InChI is InChI=1S/C13H16N2O2/c1-10(2)15-7-6-14-13(15)9-17-12-5-3-4-11(16)8-12/h3-8,10,16H,9H2,1-2H3. The van der Waals surface area contributed by atoms with Crippen LogP contribution in [0.4, 0.5) is 0 Å². The molecule has 17 heavy (non-hydrogen) atoms. The van der Waals surface area contributed by atoms with Crippen molar-refractivity contribution in [3.8, 4) is 11.5 Å². The Morgan fingerprint density at radius 2 is 2.24 bits per heavy atom. The monoisotopic (exact) mass is 232 g/mol. The number of ether oxygens (including phenoxy) is 1. The number of hydrogen-bond donors (Lipinski definition) is 1. The number of aromatic hydroxyl groups is 1. The Morgan fingerprint density at radius 1 is 1.41 bits per heavy atom. The number of hydrogen-bond acceptors (Lipinski definition) is 3. The van der Waals surface area contributed by atoms with Crippen molar-refractivity contribution in [2.24, 2.45) is 0 Å². The summed E-state index contributed by atoms with van der Waals surface area (Å²) in [5, 5.41) is 9.31. The number of imidazole rings is 1. The molecule has 0 unspecified atom stereocenters. The lowest BCUT2D eigenvalue weighted by Gasteiger charge is -2.12. The topological polar surface area (TPSA) is 47.3 Å². The van der Waals surface area contributed by atoms with Gasteiger partial charge in [-0.2, -0.15) is 0 Å². The van der Waals surface area contributed by atoms with Gasteiger partial charge in [0, 0.05) is 24.5 Å². The second kappa shape index (κ2) is 4.91. The molecule has 2 aromatic rings. The third-order valence-corrected chi connectivity index (χ3v) is 2.49. The highest BCUT2D eigenvalue weighted by molar-refractivity contribution is 5.31. The van der Waals surface area contributed by atoms with Crippen LogP contribution in [0.2, 0.25) is 0 Å². The fraction of sp³-hybridized carbons (Fsp3) is 0.308. The Kier molecular flexibility index (Phi) is 3.32. The average molecular weight is 232 g/mol. The van der Waals surface area contributed by atoms with Crippen molar-refractivity contribution in [3.63, 3.8) is 0 Å². The van der Waals surface area contributed by atoms with Crippen molar-refractivity contribution in [2.45, 2.75) is 26.5 Å². The van der Waals surface area contributed by atoms with Gasteiger partial charge in [-0.3, -0.25) is 0 Å². The van der Waals surface area contributed by atoms with E-state index in [1.807, 2.05) is 12.3 Å². The van der Waals surface area contributed by atoms with E-state index in [1.165, 1.54) is 0 Å². The molecule has 0 fully saturated rings. The highest BCUT2D eigenvalue weighted by atomic mass is 16.5. The summed E-state index contributed by atoms with van der Waals surface area (Å²) in [6.45, 7) is 4.59. The van der Waals surface area contributed by atoms with Crippen molar-refractivity contribution < 1.29 is 9.84 Å². The van der Waals surface area contributed by atoms with E-state index in [9.17, 15) is 5.11 Å². The van der Waals surface area contributed by atoms with Gasteiger partial charge in [-0.15, -0.1) is 0 Å². The van der Waals surface area contributed by atoms with Crippen LogP contribution < -0.4 is 4.74 Å². The number of nitrogens with zero attached hydrogens (tertiary/aromatic N) is 2. The molecule has 1 aromatic heterocycles. The molecule has 0 saturated carbocycles. The fourth-order valence-corrected chi connectivity index (χ4v) is 1.65. The molecule has 0 atom stereocenters. The van der Waals surface area contributed by atoms with Crippen LogP contribution in [-0.4, -0.2) is 14.7 Å². The smallest absolute Gasteiger partial charge is 0.146 e. The molecule has 4 nitrogen and oxygen atoms in total. The summed E-state index contributed by atoms with van der Waals surface area (Å²) in [5.74, 6) is 1.72. The van der Waals surface area contributed by atoms with Gasteiger partial charge in [0.15, 0.2) is 0 Å². The van der Waals surface area contributed by atoms with Crippen molar-refractivity contribution in [2.75, 3.05) is 0 Å². The molecule has 0 bridgehead atoms. The van der Waals surface area contributed by atoms with Crippen LogP contribution in [0.1, 0.15) is 25.7 Å². The van der Waals surface area contributed by atoms with Gasteiger partial charge < -0.3 is 14.4 Å². The van der Waals surface area contributed by atoms with Crippen LogP contribution in [0.5, 0.6) is 11.5 Å². The van der Waals surface area contributed by atoms with Crippen LogP contribution in [0, 0.1) is 0 Å². The first-order chi connectivity index (χ1) is 8.16. The van der Waals surface area contributed by atoms with Crippen LogP contribution in [0.25, 0.3) is 0 Å². The number of aromatic nitrogens is 2. The highest BCUT2D eigenvalue weighted by Crippen LogP contribution is 2.19. The minimum Gasteiger partial charge on any atom is -0.508 e. The second-order valence-corrected chi connectivity index (χ2v) is 4.13. The van der Waals surface area contributed by atoms with E-state index < -0.39 is 0 Å². The maximum atomic E-state index is 9.31. The zero-order valence-corrected chi connectivity index (χ0v) is 10.00. The average Bonchev–Trinajstić information content (AvgIpc) is 2.74. The molecule has 1 heterocycles. The van der Waals surface area contributed by atoms with E-state index in [0.29, 0.717) is 18.4 Å². The molecule has 0 aliphatic heterocycles. The van der Waals surface area contributed by atoms with E-state index in [0.717, 1.165) is 5.82 Å². The Bertz CT molecular complexity index is 492. The Labute approximate surface area is 100 Å². The zero-order chi connectivity index (χ0) is 12.3. The number of benzene rings is 1. The van der Waals surface area contributed by atoms with E-state index in [-0.39, 0.29) is 5.75 Å². The van der Waals surface area contributed by atoms with Crippen molar-refractivity contribution in [1.82, 2.24) is 9.55 Å². The quantitative estimate of drug-likeness (QED) is 0.881. The van der Waals surface area contributed by atoms with Crippen molar-refractivity contribution in [3.05, 3.63) is 42.5 Å². The molecular weight excluding hydrogens is 216 g/mol. The molecule has 0 spiro atoms. The Hall–Kier alpha value is -1.97. The summed E-state index contributed by atoms with van der Waals surface area (Å²) in [6, 6.07) is 7.12. The first-order valence-corrected chi connectivity index (χ1v) is 5.60. The van der Waals surface area contributed by atoms with Gasteiger partial charge in [-0.05, 0) is 26.0 Å². The molecule has 0 aliphatic carbocycles. The maximum absolute atomic E-state index is 9.31. The van der Waals surface area contributed by atoms with Gasteiger partial charge in [0.25, 0.3) is 0 Å². The van der Waals surface area contributed by atoms with E-state index in [4.69, 9.17) is 4.74 Å². The summed E-state index contributed by atoms with van der Waals surface area (Å²) < 4.78 is 7.64. The number of rotatable bonds is 4. The third-order valence-electron chi connectivity index (χ3n) is 2.49. The normalized spacial score (nSPS) is 10.8. The molecule has 0 aliphatic rings. The Morgan fingerprint density at radius 3 is 2.94 bits per heavy atom. The van der Waals surface area contributed by atoms with Crippen LogP contribution in [0.3, 0.4) is 0 Å². The lowest BCUT2D eigenvalue weighted by molar-refractivity contribution is 0.285. The summed E-state index contributed by atoms with van der Waals surface area (Å²) in [5.41, 5.74) is 0. The van der Waals surface area contributed by atoms with E-state index in [1.54, 1.807) is 24.4 Å². The predicted octanol–water partition coefficient (Wildman–Crippen LogP) is 2.75. The minimum absolute atomic E-state index is 0.203. The van der Waals surface area contributed by atoms with Gasteiger partial charge in [-0.1, -0.05) is 6.07 Å². The fourth-order valence-electron chi connectivity index (χ4n) is 1.65. The molecule has 1 aromatic carbocycles. The molecule has 90 valence electrons. The molecule has 2 rings (SSSR count). The Balaban J connectivity index is 2.05. The highest BCUT2D eigenvalue weighted by Gasteiger charge is 2.06. The summed E-state index contributed by atoms with van der Waals surface area (Å²) in [7, 11) is 0. The first kappa shape index (κ1) is 11.5. The molecule has 4 heteroatoms. The van der Waals surface area contributed by atoms with Crippen LogP contribution >= 0.6 is 0 Å². The van der Waals surface area contributed by atoms with Crippen LogP contribution in [0.15, 0.2) is 36.7 Å². The van der Waals surface area contributed by atoms with Crippen molar-refractivity contribution in [1.29, 1.82) is 0 Å². The second-order valence-electron chi connectivity index (χ2n) is 4.13. The maximum Gasteiger partial charge on any atom is 0.146 e. The number of phenols is 1. The molecular formula is C13H16N2O2. The van der Waals surface area contributed by atoms with Gasteiger partial charge >= 0.3 is 0 Å². The van der Waals surface area contributed by atoms with E-state index >= 15 is 0 Å². The molecule has 0 amide bonds. The molecule has 0 radical (unpaired) electrons. The zero-order valence-electron chi connectivity index (χ0n) is 10.00. The lowest BCUT2D eigenvalue weighted by Crippen LogP contribution is -2.08. The predicted molar refractivity (Wildman–Crippen MR) is 65.1 cm³/mol. The first-order valence-electron chi connectivity index (χ1n) is 5.60. The van der Waals surface area contributed by atoms with Gasteiger partial charge in [-0.25, -0.2) is 4.98 Å². The largest absolute Gasteiger partial charge is 0.508 e. The van der Waals surface area contributed by atoms with Gasteiger partial charge in [0.1, 0.15) is 23.9 Å². The summed E-state index contributed by atoms with van der Waals surface area (Å²) in [4.78, 5) is 4.25. The van der Waals surface area contributed by atoms with Gasteiger partial charge in [0.05, 0.1) is 0 Å². The summed E-state index contributed by atoms with van der Waals surface area (Å²) in [6.07, 6.45) is 3.70. The summed E-state index contributed by atoms with van der Waals surface area (Å²) >= 11 is 0. The minimum atomic E-state index is 0.203. The van der Waals surface area contributed by atoms with Gasteiger partial charge in [0.2, 0.25) is 0 Å². The lowest BCUT2D eigenvalue weighted by atomic mass is 10.3.